The van der Waals surface area contributed by atoms with Crippen molar-refractivity contribution in [1.29, 1.82) is 0 Å². The lowest BCUT2D eigenvalue weighted by Crippen LogP contribution is -2.30. The SMILES string of the molecule is CCN(CC)C(=O)c1ccc(NC(=O)CSc2nnc(C3CC3)n2C2CC2)cc1. The van der Waals surface area contributed by atoms with Crippen LogP contribution in [0.1, 0.15) is 67.7 Å². The summed E-state index contributed by atoms with van der Waals surface area (Å²) in [5.74, 6) is 1.87. The van der Waals surface area contributed by atoms with Crippen molar-refractivity contribution in [3.05, 3.63) is 35.7 Å². The molecule has 7 nitrogen and oxygen atoms in total. The van der Waals surface area contributed by atoms with Gasteiger partial charge in [-0.2, -0.15) is 0 Å². The van der Waals surface area contributed by atoms with Crippen LogP contribution in [0.5, 0.6) is 0 Å². The van der Waals surface area contributed by atoms with Gasteiger partial charge in [-0.15, -0.1) is 10.2 Å². The molecule has 8 heteroatoms. The van der Waals surface area contributed by atoms with E-state index in [0.717, 1.165) is 11.0 Å². The van der Waals surface area contributed by atoms with Crippen LogP contribution in [-0.4, -0.2) is 50.3 Å². The minimum Gasteiger partial charge on any atom is -0.339 e. The van der Waals surface area contributed by atoms with Crippen LogP contribution < -0.4 is 5.32 Å². The van der Waals surface area contributed by atoms with E-state index >= 15 is 0 Å². The zero-order chi connectivity index (χ0) is 20.4. The lowest BCUT2D eigenvalue weighted by molar-refractivity contribution is -0.113. The third kappa shape index (κ3) is 4.63. The van der Waals surface area contributed by atoms with Gasteiger partial charge in [0, 0.05) is 36.3 Å². The van der Waals surface area contributed by atoms with E-state index in [2.05, 4.69) is 20.1 Å². The van der Waals surface area contributed by atoms with E-state index in [1.54, 1.807) is 29.2 Å². The van der Waals surface area contributed by atoms with Gasteiger partial charge in [-0.3, -0.25) is 9.59 Å². The summed E-state index contributed by atoms with van der Waals surface area (Å²) in [5, 5.41) is 12.5. The summed E-state index contributed by atoms with van der Waals surface area (Å²) in [5.41, 5.74) is 1.32. The first-order valence-electron chi connectivity index (χ1n) is 10.4. The van der Waals surface area contributed by atoms with Gasteiger partial charge < -0.3 is 14.8 Å². The van der Waals surface area contributed by atoms with Crippen molar-refractivity contribution in [3.63, 3.8) is 0 Å². The minimum absolute atomic E-state index is 0.00862. The van der Waals surface area contributed by atoms with Crippen molar-refractivity contribution >= 4 is 29.3 Å². The monoisotopic (exact) mass is 413 g/mol. The fourth-order valence-corrected chi connectivity index (χ4v) is 4.21. The molecule has 0 unspecified atom stereocenters. The Kier molecular flexibility index (Phi) is 5.89. The predicted octanol–water partition coefficient (Wildman–Crippen LogP) is 3.70. The van der Waals surface area contributed by atoms with Crippen LogP contribution in [-0.2, 0) is 4.79 Å². The van der Waals surface area contributed by atoms with Crippen LogP contribution in [0.3, 0.4) is 0 Å². The van der Waals surface area contributed by atoms with E-state index in [9.17, 15) is 9.59 Å². The lowest BCUT2D eigenvalue weighted by Gasteiger charge is -2.18. The first kappa shape index (κ1) is 19.9. The Morgan fingerprint density at radius 2 is 1.79 bits per heavy atom. The maximum Gasteiger partial charge on any atom is 0.253 e. The predicted molar refractivity (Wildman–Crippen MR) is 113 cm³/mol. The number of amides is 2. The molecule has 1 heterocycles. The first-order valence-corrected chi connectivity index (χ1v) is 11.4. The molecular formula is C21H27N5O2S. The van der Waals surface area contributed by atoms with Crippen LogP contribution in [0.15, 0.2) is 29.4 Å². The molecule has 2 aliphatic rings. The molecule has 0 saturated heterocycles. The Hall–Kier alpha value is -2.35. The molecule has 4 rings (SSSR count). The Morgan fingerprint density at radius 1 is 1.10 bits per heavy atom. The third-order valence-corrected chi connectivity index (χ3v) is 6.29. The highest BCUT2D eigenvalue weighted by atomic mass is 32.2. The summed E-state index contributed by atoms with van der Waals surface area (Å²) in [4.78, 5) is 26.5. The number of thioether (sulfide) groups is 1. The van der Waals surface area contributed by atoms with Gasteiger partial charge in [-0.25, -0.2) is 0 Å². The molecule has 1 aromatic heterocycles. The number of rotatable bonds is 9. The van der Waals surface area contributed by atoms with Crippen LogP contribution in [0.2, 0.25) is 0 Å². The van der Waals surface area contributed by atoms with Crippen molar-refractivity contribution in [3.8, 4) is 0 Å². The topological polar surface area (TPSA) is 80.1 Å². The maximum absolute atomic E-state index is 12.4. The number of hydrogen-bond acceptors (Lipinski definition) is 5. The molecule has 1 N–H and O–H groups in total. The number of carbonyl (C=O) groups is 2. The molecule has 2 aliphatic carbocycles. The van der Waals surface area contributed by atoms with Crippen LogP contribution in [0.4, 0.5) is 5.69 Å². The zero-order valence-electron chi connectivity index (χ0n) is 16.9. The second kappa shape index (κ2) is 8.57. The van der Waals surface area contributed by atoms with E-state index in [1.807, 2.05) is 13.8 Å². The first-order chi connectivity index (χ1) is 14.1. The molecule has 29 heavy (non-hydrogen) atoms. The zero-order valence-corrected chi connectivity index (χ0v) is 17.7. The molecule has 2 aromatic rings. The number of hydrogen-bond donors (Lipinski definition) is 1. The quantitative estimate of drug-likeness (QED) is 0.634. The molecule has 2 saturated carbocycles. The standard InChI is InChI=1S/C21H27N5O2S/c1-3-25(4-2)20(28)15-7-9-16(10-8-15)22-18(27)13-29-21-24-23-19(14-5-6-14)26(21)17-11-12-17/h7-10,14,17H,3-6,11-13H2,1-2H3,(H,22,27). The van der Waals surface area contributed by atoms with Gasteiger partial charge in [0.15, 0.2) is 5.16 Å². The van der Waals surface area contributed by atoms with Gasteiger partial charge in [0.2, 0.25) is 5.91 Å². The molecule has 1 aromatic carbocycles. The van der Waals surface area contributed by atoms with E-state index in [0.29, 0.717) is 36.3 Å². The molecule has 0 radical (unpaired) electrons. The highest BCUT2D eigenvalue weighted by molar-refractivity contribution is 7.99. The van der Waals surface area contributed by atoms with Gasteiger partial charge in [0.1, 0.15) is 5.82 Å². The van der Waals surface area contributed by atoms with Gasteiger partial charge in [-0.05, 0) is 63.8 Å². The molecule has 2 fully saturated rings. The van der Waals surface area contributed by atoms with Crippen molar-refractivity contribution in [2.24, 2.45) is 0 Å². The number of anilines is 1. The Morgan fingerprint density at radius 3 is 2.38 bits per heavy atom. The van der Waals surface area contributed by atoms with Crippen LogP contribution >= 0.6 is 11.8 Å². The maximum atomic E-state index is 12.4. The number of carbonyl (C=O) groups excluding carboxylic acids is 2. The van der Waals surface area contributed by atoms with E-state index < -0.39 is 0 Å². The summed E-state index contributed by atoms with van der Waals surface area (Å²) in [6.45, 7) is 5.29. The Balaban J connectivity index is 1.33. The van der Waals surface area contributed by atoms with Gasteiger partial charge in [0.25, 0.3) is 5.91 Å². The van der Waals surface area contributed by atoms with Crippen molar-refractivity contribution in [2.45, 2.75) is 56.6 Å². The minimum atomic E-state index is -0.0869. The van der Waals surface area contributed by atoms with Crippen molar-refractivity contribution < 1.29 is 9.59 Å². The second-order valence-electron chi connectivity index (χ2n) is 7.61. The van der Waals surface area contributed by atoms with E-state index in [1.165, 1.54) is 37.4 Å². The van der Waals surface area contributed by atoms with Gasteiger partial charge in [0.05, 0.1) is 5.75 Å². The van der Waals surface area contributed by atoms with Crippen molar-refractivity contribution in [2.75, 3.05) is 24.2 Å². The van der Waals surface area contributed by atoms with Gasteiger partial charge >= 0.3 is 0 Å². The molecule has 0 bridgehead atoms. The second-order valence-corrected chi connectivity index (χ2v) is 8.55. The highest BCUT2D eigenvalue weighted by Crippen LogP contribution is 2.45. The number of nitrogens with one attached hydrogen (secondary N) is 1. The summed E-state index contributed by atoms with van der Waals surface area (Å²) >= 11 is 1.44. The fourth-order valence-electron chi connectivity index (χ4n) is 3.40. The fraction of sp³-hybridized carbons (Fsp3) is 0.524. The summed E-state index contributed by atoms with van der Waals surface area (Å²) in [6.07, 6.45) is 4.75. The average Bonchev–Trinajstić information content (AvgIpc) is 3.66. The Labute approximate surface area is 175 Å². The lowest BCUT2D eigenvalue weighted by atomic mass is 10.2. The normalized spacial score (nSPS) is 15.9. The van der Waals surface area contributed by atoms with Crippen LogP contribution in [0.25, 0.3) is 0 Å². The molecular weight excluding hydrogens is 386 g/mol. The molecule has 0 aliphatic heterocycles. The number of aromatic nitrogens is 3. The number of nitrogens with zero attached hydrogens (tertiary/aromatic N) is 4. The van der Waals surface area contributed by atoms with E-state index in [4.69, 9.17) is 0 Å². The number of benzene rings is 1. The molecule has 154 valence electrons. The summed E-state index contributed by atoms with van der Waals surface area (Å²) in [7, 11) is 0. The largest absolute Gasteiger partial charge is 0.339 e. The molecule has 2 amide bonds. The summed E-state index contributed by atoms with van der Waals surface area (Å²) in [6, 6.07) is 7.58. The highest BCUT2D eigenvalue weighted by Gasteiger charge is 2.36. The van der Waals surface area contributed by atoms with Gasteiger partial charge in [-0.1, -0.05) is 11.8 Å². The molecule has 0 atom stereocenters. The van der Waals surface area contributed by atoms with E-state index in [-0.39, 0.29) is 17.6 Å². The Bertz CT molecular complexity index is 883. The molecule has 0 spiro atoms. The van der Waals surface area contributed by atoms with Crippen LogP contribution in [0, 0.1) is 0 Å². The average molecular weight is 414 g/mol. The third-order valence-electron chi connectivity index (χ3n) is 5.34. The van der Waals surface area contributed by atoms with Crippen molar-refractivity contribution in [1.82, 2.24) is 19.7 Å². The smallest absolute Gasteiger partial charge is 0.253 e. The summed E-state index contributed by atoms with van der Waals surface area (Å²) < 4.78 is 2.25.